The van der Waals surface area contributed by atoms with E-state index in [0.29, 0.717) is 6.54 Å². The number of nitrogens with one attached hydrogen (secondary N) is 2. The molecule has 1 aromatic carbocycles. The van der Waals surface area contributed by atoms with Crippen LogP contribution < -0.4 is 10.6 Å². The van der Waals surface area contributed by atoms with Crippen molar-refractivity contribution in [2.45, 2.75) is 52.6 Å². The van der Waals surface area contributed by atoms with Crippen LogP contribution in [0.5, 0.6) is 5.75 Å². The molecule has 0 bridgehead atoms. The molecule has 1 amide bonds. The molecular formula is C24H31N5O5S. The Labute approximate surface area is 207 Å². The quantitative estimate of drug-likeness (QED) is 0.262. The average molecular weight is 502 g/mol. The molecule has 3 atom stereocenters. The van der Waals surface area contributed by atoms with E-state index in [2.05, 4.69) is 19.4 Å². The fourth-order valence-corrected chi connectivity index (χ4v) is 4.93. The highest BCUT2D eigenvalue weighted by Gasteiger charge is 2.31. The van der Waals surface area contributed by atoms with Crippen molar-refractivity contribution in [3.63, 3.8) is 0 Å². The number of phenols is 1. The number of benzene rings is 1. The number of likely N-dealkylation sites (tertiary alicyclic amines) is 1. The van der Waals surface area contributed by atoms with E-state index in [1.165, 1.54) is 6.07 Å². The van der Waals surface area contributed by atoms with E-state index in [0.717, 1.165) is 29.9 Å². The summed E-state index contributed by atoms with van der Waals surface area (Å²) in [6, 6.07) is 6.22. The predicted octanol–water partition coefficient (Wildman–Crippen LogP) is 4.27. The summed E-state index contributed by atoms with van der Waals surface area (Å²) >= 11 is -1.83. The number of phenolic OH excluding ortho intramolecular Hbond substituents is 1. The molecule has 1 fully saturated rings. The first-order valence-corrected chi connectivity index (χ1v) is 12.7. The van der Waals surface area contributed by atoms with Crippen LogP contribution in [-0.4, -0.2) is 53.5 Å². The van der Waals surface area contributed by atoms with Crippen molar-refractivity contribution < 1.29 is 24.0 Å². The largest absolute Gasteiger partial charge is 0.546 e. The van der Waals surface area contributed by atoms with E-state index >= 15 is 0 Å². The predicted molar refractivity (Wildman–Crippen MR) is 133 cm³/mol. The summed E-state index contributed by atoms with van der Waals surface area (Å²) in [5.74, 6) is 1.52. The fourth-order valence-electron chi connectivity index (χ4n) is 4.30. The second kappa shape index (κ2) is 10.2. The molecule has 1 unspecified atom stereocenters. The number of aromatic hydroxyl groups is 1. The molecule has 0 saturated carbocycles. The van der Waals surface area contributed by atoms with Gasteiger partial charge >= 0.3 is 0 Å². The molecule has 1 aliphatic rings. The Morgan fingerprint density at radius 3 is 2.71 bits per heavy atom. The smallest absolute Gasteiger partial charge is 0.258 e. The van der Waals surface area contributed by atoms with Crippen molar-refractivity contribution in [1.29, 1.82) is 0 Å². The lowest BCUT2D eigenvalue weighted by Gasteiger charge is -2.24. The van der Waals surface area contributed by atoms with Gasteiger partial charge in [-0.25, -0.2) is 0 Å². The van der Waals surface area contributed by atoms with Crippen molar-refractivity contribution in [3.05, 3.63) is 46.9 Å². The van der Waals surface area contributed by atoms with Crippen LogP contribution in [0.15, 0.2) is 28.7 Å². The minimum Gasteiger partial charge on any atom is -0.546 e. The second-order valence-corrected chi connectivity index (χ2v) is 10.00. The number of aliphatic hydroxyl groups excluding tert-OH is 1. The number of hydrogen-bond donors (Lipinski definition) is 4. The van der Waals surface area contributed by atoms with Crippen LogP contribution in [0.4, 0.5) is 17.3 Å². The summed E-state index contributed by atoms with van der Waals surface area (Å²) in [6.07, 6.45) is 1.52. The van der Waals surface area contributed by atoms with Gasteiger partial charge < -0.3 is 34.7 Å². The first kappa shape index (κ1) is 25.0. The van der Waals surface area contributed by atoms with Gasteiger partial charge in [0.2, 0.25) is 11.6 Å². The van der Waals surface area contributed by atoms with Crippen molar-refractivity contribution in [2.24, 2.45) is 5.92 Å². The Balaban J connectivity index is 1.60. The third-order valence-electron chi connectivity index (χ3n) is 6.38. The lowest BCUT2D eigenvalue weighted by atomic mass is 10.0. The standard InChI is InChI=1S/C24H31N5O5S/c1-13(2)20(19-11-14(3)15(4)34-19)26-23-22(27-35(33)28-23)25-18-9-5-8-17(21(18)31)24(32)29-10-6-7-16(29)12-30/h5,8-9,11,13,16,20,30-31H,6-7,10,12H2,1-4H3,(H,25,27)(H,26,28)/t16-,20+,35?/m0/s1. The molecule has 35 heavy (non-hydrogen) atoms. The molecule has 3 heterocycles. The van der Waals surface area contributed by atoms with Gasteiger partial charge in [0.25, 0.3) is 5.91 Å². The maximum atomic E-state index is 13.1. The topological polar surface area (TPSA) is 147 Å². The van der Waals surface area contributed by atoms with Crippen LogP contribution in [0.3, 0.4) is 0 Å². The molecule has 4 N–H and O–H groups in total. The maximum absolute atomic E-state index is 13.1. The number of rotatable bonds is 8. The zero-order valence-electron chi connectivity index (χ0n) is 20.2. The summed E-state index contributed by atoms with van der Waals surface area (Å²) in [5.41, 5.74) is 1.38. The Morgan fingerprint density at radius 1 is 1.31 bits per heavy atom. The van der Waals surface area contributed by atoms with Gasteiger partial charge in [-0.3, -0.25) is 4.79 Å². The number of anilines is 3. The molecule has 4 rings (SSSR count). The molecule has 0 aliphatic carbocycles. The van der Waals surface area contributed by atoms with Crippen molar-refractivity contribution in [3.8, 4) is 5.75 Å². The lowest BCUT2D eigenvalue weighted by molar-refractivity contribution is 0.0674. The van der Waals surface area contributed by atoms with Crippen molar-refractivity contribution >= 4 is 34.4 Å². The monoisotopic (exact) mass is 501 g/mol. The normalized spacial score (nSPS) is 17.2. The van der Waals surface area contributed by atoms with Crippen LogP contribution in [0.25, 0.3) is 0 Å². The van der Waals surface area contributed by atoms with Gasteiger partial charge in [-0.15, -0.1) is 0 Å². The van der Waals surface area contributed by atoms with E-state index in [4.69, 9.17) is 4.42 Å². The zero-order chi connectivity index (χ0) is 25.3. The number of hydrogen-bond acceptors (Lipinski definition) is 9. The zero-order valence-corrected chi connectivity index (χ0v) is 21.1. The summed E-state index contributed by atoms with van der Waals surface area (Å²) in [5, 5.41) is 26.7. The van der Waals surface area contributed by atoms with Gasteiger partial charge in [-0.1, -0.05) is 19.9 Å². The molecular weight excluding hydrogens is 470 g/mol. The van der Waals surface area contributed by atoms with Crippen LogP contribution in [0.2, 0.25) is 0 Å². The van der Waals surface area contributed by atoms with Gasteiger partial charge in [0.05, 0.1) is 29.9 Å². The minimum atomic E-state index is -1.83. The number of carbonyl (C=O) groups is 1. The molecule has 0 radical (unpaired) electrons. The van der Waals surface area contributed by atoms with E-state index in [1.807, 2.05) is 33.8 Å². The molecule has 11 heteroatoms. The Bertz CT molecular complexity index is 1190. The number of para-hydroxylation sites is 1. The Kier molecular flexibility index (Phi) is 7.29. The number of nitrogens with zero attached hydrogens (tertiary/aromatic N) is 3. The van der Waals surface area contributed by atoms with Crippen LogP contribution in [0.1, 0.15) is 60.2 Å². The highest BCUT2D eigenvalue weighted by atomic mass is 32.2. The molecule has 3 aromatic rings. The third-order valence-corrected chi connectivity index (χ3v) is 7.06. The van der Waals surface area contributed by atoms with E-state index in [9.17, 15) is 19.6 Å². The van der Waals surface area contributed by atoms with Gasteiger partial charge in [-0.05, 0) is 56.4 Å². The molecule has 1 saturated heterocycles. The van der Waals surface area contributed by atoms with Crippen molar-refractivity contribution in [1.82, 2.24) is 13.6 Å². The second-order valence-electron chi connectivity index (χ2n) is 9.17. The van der Waals surface area contributed by atoms with E-state index < -0.39 is 11.1 Å². The Hall–Kier alpha value is -3.15. The maximum Gasteiger partial charge on any atom is 0.258 e. The summed E-state index contributed by atoms with van der Waals surface area (Å²) in [6.45, 7) is 8.33. The van der Waals surface area contributed by atoms with Crippen LogP contribution in [0, 0.1) is 19.8 Å². The Morgan fingerprint density at radius 2 is 2.06 bits per heavy atom. The SMILES string of the molecule is Cc1cc([C@H](Nc2n[s+]([O-])nc2Nc2cccc(C(=O)N3CCC[C@H]3CO)c2O)C(C)C)oc1C. The highest BCUT2D eigenvalue weighted by molar-refractivity contribution is 7.14. The number of carbonyl (C=O) groups excluding carboxylic acids is 1. The van der Waals surface area contributed by atoms with Gasteiger partial charge in [-0.2, -0.15) is 0 Å². The number of amides is 1. The van der Waals surface area contributed by atoms with Gasteiger partial charge in [0, 0.05) is 15.3 Å². The summed E-state index contributed by atoms with van der Waals surface area (Å²) < 4.78 is 26.2. The molecule has 0 spiro atoms. The molecule has 1 aliphatic heterocycles. The fraction of sp³-hybridized carbons (Fsp3) is 0.458. The molecule has 10 nitrogen and oxygen atoms in total. The molecule has 188 valence electrons. The number of aryl methyl sites for hydroxylation is 2. The number of aliphatic hydroxyl groups is 1. The lowest BCUT2D eigenvalue weighted by Crippen LogP contribution is -2.37. The molecule has 2 aromatic heterocycles. The first-order valence-electron chi connectivity index (χ1n) is 11.6. The van der Waals surface area contributed by atoms with Crippen molar-refractivity contribution in [2.75, 3.05) is 23.8 Å². The van der Waals surface area contributed by atoms with E-state index in [-0.39, 0.29) is 59.2 Å². The summed E-state index contributed by atoms with van der Waals surface area (Å²) in [7, 11) is 0. The highest BCUT2D eigenvalue weighted by Crippen LogP contribution is 2.37. The van der Waals surface area contributed by atoms with Crippen LogP contribution >= 0.6 is 11.1 Å². The van der Waals surface area contributed by atoms with Gasteiger partial charge in [0.1, 0.15) is 11.5 Å². The van der Waals surface area contributed by atoms with E-state index in [1.54, 1.807) is 17.0 Å². The van der Waals surface area contributed by atoms with Gasteiger partial charge in [0.15, 0.2) is 16.9 Å². The van der Waals surface area contributed by atoms with Crippen LogP contribution in [-0.2, 0) is 0 Å². The number of aromatic nitrogens is 2. The third kappa shape index (κ3) is 5.12. The summed E-state index contributed by atoms with van der Waals surface area (Å²) in [4.78, 5) is 14.6. The number of furan rings is 1. The average Bonchev–Trinajstić information content (AvgIpc) is 3.51. The minimum absolute atomic E-state index is 0.114. The first-order chi connectivity index (χ1) is 16.7.